The second-order valence-corrected chi connectivity index (χ2v) is 6.64. The predicted octanol–water partition coefficient (Wildman–Crippen LogP) is 4.37. The molecule has 0 saturated heterocycles. The van der Waals surface area contributed by atoms with E-state index < -0.39 is 5.82 Å². The molecule has 0 unspecified atom stereocenters. The van der Waals surface area contributed by atoms with Gasteiger partial charge in [0.1, 0.15) is 5.82 Å². The Labute approximate surface area is 159 Å². The molecule has 7 heteroatoms. The molecular weight excluding hydrogens is 367 g/mol. The van der Waals surface area contributed by atoms with Crippen molar-refractivity contribution in [2.24, 2.45) is 0 Å². The number of aryl methyl sites for hydroxylation is 2. The van der Waals surface area contributed by atoms with Gasteiger partial charge in [0, 0.05) is 29.5 Å². The predicted molar refractivity (Wildman–Crippen MR) is 104 cm³/mol. The van der Waals surface area contributed by atoms with Crippen molar-refractivity contribution in [3.63, 3.8) is 0 Å². The standard InChI is InChI=1S/C20H16ClFN4O/c1-3-25-19-11-23-7-6-17(19)26(20(25)27)18-9-16(24-10-12(18)2)14-8-13(21)4-5-15(14)22/h4-11H,3H2,1-2H3. The molecule has 27 heavy (non-hydrogen) atoms. The van der Waals surface area contributed by atoms with E-state index in [0.717, 1.165) is 16.6 Å². The van der Waals surface area contributed by atoms with Crippen molar-refractivity contribution in [1.82, 2.24) is 19.1 Å². The van der Waals surface area contributed by atoms with Gasteiger partial charge in [-0.05, 0) is 49.7 Å². The zero-order chi connectivity index (χ0) is 19.1. The van der Waals surface area contributed by atoms with E-state index in [1.165, 1.54) is 18.2 Å². The van der Waals surface area contributed by atoms with Crippen LogP contribution in [0.5, 0.6) is 0 Å². The molecule has 0 saturated carbocycles. The van der Waals surface area contributed by atoms with Crippen LogP contribution < -0.4 is 5.69 Å². The third-order valence-electron chi connectivity index (χ3n) is 4.57. The maximum Gasteiger partial charge on any atom is 0.333 e. The monoisotopic (exact) mass is 382 g/mol. The lowest BCUT2D eigenvalue weighted by molar-refractivity contribution is 0.630. The molecule has 0 atom stereocenters. The Morgan fingerprint density at radius 1 is 1.15 bits per heavy atom. The van der Waals surface area contributed by atoms with Crippen LogP contribution in [0.15, 0.2) is 53.7 Å². The summed E-state index contributed by atoms with van der Waals surface area (Å²) in [5, 5.41) is 0.418. The molecule has 5 nitrogen and oxygen atoms in total. The van der Waals surface area contributed by atoms with E-state index in [-0.39, 0.29) is 11.3 Å². The van der Waals surface area contributed by atoms with Crippen LogP contribution in [0.1, 0.15) is 12.5 Å². The van der Waals surface area contributed by atoms with Crippen LogP contribution >= 0.6 is 11.6 Å². The van der Waals surface area contributed by atoms with Crippen molar-refractivity contribution in [1.29, 1.82) is 0 Å². The molecule has 0 amide bonds. The summed E-state index contributed by atoms with van der Waals surface area (Å²) < 4.78 is 17.6. The highest BCUT2D eigenvalue weighted by molar-refractivity contribution is 6.30. The lowest BCUT2D eigenvalue weighted by Crippen LogP contribution is -2.23. The van der Waals surface area contributed by atoms with Gasteiger partial charge in [0.25, 0.3) is 0 Å². The van der Waals surface area contributed by atoms with Crippen molar-refractivity contribution < 1.29 is 4.39 Å². The third kappa shape index (κ3) is 2.82. The summed E-state index contributed by atoms with van der Waals surface area (Å²) in [4.78, 5) is 21.5. The molecule has 0 bridgehead atoms. The summed E-state index contributed by atoms with van der Waals surface area (Å²) in [5.74, 6) is -0.422. The second kappa shape index (κ2) is 6.63. The van der Waals surface area contributed by atoms with Crippen molar-refractivity contribution in [3.05, 3.63) is 75.8 Å². The maximum atomic E-state index is 14.3. The van der Waals surface area contributed by atoms with Crippen LogP contribution in [0, 0.1) is 12.7 Å². The van der Waals surface area contributed by atoms with Crippen LogP contribution in [0.25, 0.3) is 28.0 Å². The highest BCUT2D eigenvalue weighted by Gasteiger charge is 2.17. The topological polar surface area (TPSA) is 52.7 Å². The first-order valence-corrected chi connectivity index (χ1v) is 8.86. The molecule has 0 aliphatic heterocycles. The third-order valence-corrected chi connectivity index (χ3v) is 4.80. The minimum absolute atomic E-state index is 0.174. The molecule has 0 spiro atoms. The summed E-state index contributed by atoms with van der Waals surface area (Å²) in [7, 11) is 0. The molecule has 0 fully saturated rings. The van der Waals surface area contributed by atoms with Gasteiger partial charge in [-0.3, -0.25) is 19.1 Å². The summed E-state index contributed by atoms with van der Waals surface area (Å²) in [6.07, 6.45) is 4.95. The Morgan fingerprint density at radius 3 is 2.74 bits per heavy atom. The maximum absolute atomic E-state index is 14.3. The minimum atomic E-state index is -0.422. The molecule has 3 aromatic heterocycles. The Kier molecular flexibility index (Phi) is 4.28. The van der Waals surface area contributed by atoms with Gasteiger partial charge in [-0.25, -0.2) is 9.18 Å². The number of fused-ring (bicyclic) bond motifs is 1. The first-order chi connectivity index (χ1) is 13.0. The van der Waals surface area contributed by atoms with Crippen molar-refractivity contribution in [2.75, 3.05) is 0 Å². The minimum Gasteiger partial charge on any atom is -0.290 e. The lowest BCUT2D eigenvalue weighted by atomic mass is 10.1. The van der Waals surface area contributed by atoms with E-state index in [1.54, 1.807) is 39.9 Å². The molecule has 136 valence electrons. The Bertz CT molecular complexity index is 1230. The summed E-state index contributed by atoms with van der Waals surface area (Å²) in [5.41, 5.74) is 3.46. The zero-order valence-corrected chi connectivity index (χ0v) is 15.5. The van der Waals surface area contributed by atoms with E-state index in [4.69, 9.17) is 11.6 Å². The normalized spacial score (nSPS) is 11.3. The summed E-state index contributed by atoms with van der Waals surface area (Å²) >= 11 is 6.02. The van der Waals surface area contributed by atoms with Gasteiger partial charge in [-0.15, -0.1) is 0 Å². The van der Waals surface area contributed by atoms with Crippen LogP contribution in [0.3, 0.4) is 0 Å². The number of aromatic nitrogens is 4. The SMILES string of the molecule is CCn1c(=O)n(-c2cc(-c3cc(Cl)ccc3F)ncc2C)c2ccncc21. The molecule has 4 rings (SSSR count). The average molecular weight is 383 g/mol. The number of benzene rings is 1. The van der Waals surface area contributed by atoms with E-state index in [0.29, 0.717) is 22.9 Å². The number of imidazole rings is 1. The first-order valence-electron chi connectivity index (χ1n) is 8.49. The summed E-state index contributed by atoms with van der Waals surface area (Å²) in [6, 6.07) is 7.83. The molecule has 0 radical (unpaired) electrons. The second-order valence-electron chi connectivity index (χ2n) is 6.21. The molecule has 0 N–H and O–H groups in total. The Hall–Kier alpha value is -2.99. The van der Waals surface area contributed by atoms with Gasteiger partial charge in [0.2, 0.25) is 0 Å². The van der Waals surface area contributed by atoms with E-state index in [1.807, 2.05) is 13.8 Å². The number of halogens is 2. The van der Waals surface area contributed by atoms with E-state index >= 15 is 0 Å². The van der Waals surface area contributed by atoms with Crippen LogP contribution in [-0.4, -0.2) is 19.1 Å². The number of rotatable bonds is 3. The highest BCUT2D eigenvalue weighted by Crippen LogP contribution is 2.28. The van der Waals surface area contributed by atoms with Gasteiger partial charge in [0.15, 0.2) is 0 Å². The van der Waals surface area contributed by atoms with E-state index in [9.17, 15) is 9.18 Å². The van der Waals surface area contributed by atoms with Crippen molar-refractivity contribution in [3.8, 4) is 16.9 Å². The first kappa shape index (κ1) is 17.4. The number of pyridine rings is 2. The Balaban J connectivity index is 2.02. The molecule has 4 aromatic rings. The zero-order valence-electron chi connectivity index (χ0n) is 14.8. The largest absolute Gasteiger partial charge is 0.333 e. The number of hydrogen-bond acceptors (Lipinski definition) is 3. The van der Waals surface area contributed by atoms with Gasteiger partial charge in [-0.1, -0.05) is 11.6 Å². The highest BCUT2D eigenvalue weighted by atomic mass is 35.5. The fourth-order valence-corrected chi connectivity index (χ4v) is 3.41. The van der Waals surface area contributed by atoms with Gasteiger partial charge < -0.3 is 0 Å². The van der Waals surface area contributed by atoms with Gasteiger partial charge in [-0.2, -0.15) is 0 Å². The van der Waals surface area contributed by atoms with E-state index in [2.05, 4.69) is 9.97 Å². The smallest absolute Gasteiger partial charge is 0.290 e. The van der Waals surface area contributed by atoms with Gasteiger partial charge in [0.05, 0.1) is 28.6 Å². The molecule has 1 aromatic carbocycles. The lowest BCUT2D eigenvalue weighted by Gasteiger charge is -2.10. The quantitative estimate of drug-likeness (QED) is 0.528. The fraction of sp³-hybridized carbons (Fsp3) is 0.150. The van der Waals surface area contributed by atoms with Crippen molar-refractivity contribution in [2.45, 2.75) is 20.4 Å². The summed E-state index contributed by atoms with van der Waals surface area (Å²) in [6.45, 7) is 4.29. The molecule has 0 aliphatic carbocycles. The molecule has 0 aliphatic rings. The fourth-order valence-electron chi connectivity index (χ4n) is 3.24. The molecule has 3 heterocycles. The Morgan fingerprint density at radius 2 is 1.96 bits per heavy atom. The van der Waals surface area contributed by atoms with Crippen molar-refractivity contribution >= 4 is 22.6 Å². The van der Waals surface area contributed by atoms with Crippen LogP contribution in [0.2, 0.25) is 5.02 Å². The average Bonchev–Trinajstić information content (AvgIpc) is 2.95. The molecular formula is C20H16ClFN4O. The van der Waals surface area contributed by atoms with Crippen LogP contribution in [0.4, 0.5) is 4.39 Å². The number of nitrogens with zero attached hydrogens (tertiary/aromatic N) is 4. The number of hydrogen-bond donors (Lipinski definition) is 0. The van der Waals surface area contributed by atoms with Crippen LogP contribution in [-0.2, 0) is 6.54 Å². The van der Waals surface area contributed by atoms with Gasteiger partial charge >= 0.3 is 5.69 Å².